The maximum Gasteiger partial charge on any atom is 0.129 e. The van der Waals surface area contributed by atoms with Gasteiger partial charge in [-0.25, -0.2) is 0 Å². The lowest BCUT2D eigenvalue weighted by Gasteiger charge is -2.33. The largest absolute Gasteiger partial charge is 0.462 e. The number of ether oxygens (including phenoxy) is 1. The summed E-state index contributed by atoms with van der Waals surface area (Å²) in [5, 5.41) is 11.3. The molecular formula is C19H24ClNO3. The van der Waals surface area contributed by atoms with E-state index in [1.165, 1.54) is 0 Å². The van der Waals surface area contributed by atoms with E-state index in [-0.39, 0.29) is 0 Å². The second-order valence-electron chi connectivity index (χ2n) is 6.41. The monoisotopic (exact) mass is 349 g/mol. The molecule has 4 nitrogen and oxygen atoms in total. The van der Waals surface area contributed by atoms with E-state index in [4.69, 9.17) is 20.8 Å². The molecule has 0 spiro atoms. The van der Waals surface area contributed by atoms with Gasteiger partial charge in [0.1, 0.15) is 18.1 Å². The molecule has 5 heteroatoms. The fourth-order valence-corrected chi connectivity index (χ4v) is 3.43. The topological polar surface area (TPSA) is 45.8 Å². The molecule has 0 amide bonds. The molecule has 130 valence electrons. The quantitative estimate of drug-likeness (QED) is 0.855. The number of benzene rings is 1. The average Bonchev–Trinajstić information content (AvgIpc) is 3.03. The second kappa shape index (κ2) is 8.17. The highest BCUT2D eigenvalue weighted by Gasteiger charge is 2.26. The molecule has 1 aliphatic rings. The van der Waals surface area contributed by atoms with Crippen LogP contribution in [0.2, 0.25) is 5.02 Å². The summed E-state index contributed by atoms with van der Waals surface area (Å²) in [6.07, 6.45) is 1.55. The first-order chi connectivity index (χ1) is 11.7. The van der Waals surface area contributed by atoms with Crippen LogP contribution in [0.4, 0.5) is 0 Å². The fraction of sp³-hybridized carbons (Fsp3) is 0.474. The van der Waals surface area contributed by atoms with Gasteiger partial charge in [-0.05, 0) is 61.7 Å². The molecule has 0 aliphatic carbocycles. The average molecular weight is 350 g/mol. The van der Waals surface area contributed by atoms with Crippen molar-refractivity contribution in [3.05, 3.63) is 58.5 Å². The van der Waals surface area contributed by atoms with Crippen LogP contribution in [-0.2, 0) is 17.9 Å². The zero-order valence-corrected chi connectivity index (χ0v) is 14.7. The summed E-state index contributed by atoms with van der Waals surface area (Å²) in [5.74, 6) is 2.13. The van der Waals surface area contributed by atoms with Crippen LogP contribution in [0.5, 0.6) is 0 Å². The van der Waals surface area contributed by atoms with Crippen LogP contribution in [0.25, 0.3) is 0 Å². The van der Waals surface area contributed by atoms with E-state index in [2.05, 4.69) is 4.90 Å². The first-order valence-corrected chi connectivity index (χ1v) is 8.76. The molecule has 1 aromatic heterocycles. The third-order valence-corrected chi connectivity index (χ3v) is 4.93. The Kier molecular flexibility index (Phi) is 5.95. The van der Waals surface area contributed by atoms with E-state index < -0.39 is 6.10 Å². The zero-order valence-electron chi connectivity index (χ0n) is 14.0. The van der Waals surface area contributed by atoms with Gasteiger partial charge in [0, 0.05) is 12.1 Å². The van der Waals surface area contributed by atoms with E-state index in [1.54, 1.807) is 7.11 Å². The van der Waals surface area contributed by atoms with Crippen molar-refractivity contribution in [2.45, 2.75) is 32.1 Å². The minimum Gasteiger partial charge on any atom is -0.462 e. The highest BCUT2D eigenvalue weighted by molar-refractivity contribution is 6.30. The molecule has 0 radical (unpaired) electrons. The summed E-state index contributed by atoms with van der Waals surface area (Å²) in [4.78, 5) is 2.38. The number of hydrogen-bond acceptors (Lipinski definition) is 4. The summed E-state index contributed by atoms with van der Waals surface area (Å²) in [6.45, 7) is 3.26. The van der Waals surface area contributed by atoms with Crippen LogP contribution in [0.15, 0.2) is 40.8 Å². The lowest BCUT2D eigenvalue weighted by Crippen LogP contribution is -2.35. The van der Waals surface area contributed by atoms with Crippen molar-refractivity contribution in [3.8, 4) is 0 Å². The number of hydrogen-bond donors (Lipinski definition) is 1. The number of likely N-dealkylation sites (tertiary alicyclic amines) is 1. The molecule has 0 bridgehead atoms. The van der Waals surface area contributed by atoms with Crippen molar-refractivity contribution in [1.82, 2.24) is 4.90 Å². The smallest absolute Gasteiger partial charge is 0.129 e. The molecule has 2 aromatic rings. The highest BCUT2D eigenvalue weighted by atomic mass is 35.5. The normalized spacial score (nSPS) is 18.0. The lowest BCUT2D eigenvalue weighted by atomic mass is 9.87. The summed E-state index contributed by atoms with van der Waals surface area (Å²) >= 11 is 5.91. The van der Waals surface area contributed by atoms with Crippen molar-refractivity contribution in [2.75, 3.05) is 20.2 Å². The first-order valence-electron chi connectivity index (χ1n) is 8.38. The summed E-state index contributed by atoms with van der Waals surface area (Å²) in [6, 6.07) is 11.5. The first kappa shape index (κ1) is 17.5. The lowest BCUT2D eigenvalue weighted by molar-refractivity contribution is 0.0545. The van der Waals surface area contributed by atoms with Gasteiger partial charge in [-0.3, -0.25) is 4.90 Å². The molecule has 2 heterocycles. The van der Waals surface area contributed by atoms with Crippen molar-refractivity contribution in [1.29, 1.82) is 0 Å². The Hall–Kier alpha value is -1.33. The predicted octanol–water partition coefficient (Wildman–Crippen LogP) is 4.03. The van der Waals surface area contributed by atoms with Gasteiger partial charge in [0.05, 0.1) is 12.6 Å². The van der Waals surface area contributed by atoms with Crippen LogP contribution in [0, 0.1) is 5.92 Å². The van der Waals surface area contributed by atoms with E-state index in [9.17, 15) is 5.11 Å². The number of piperidine rings is 1. The summed E-state index contributed by atoms with van der Waals surface area (Å²) < 4.78 is 10.8. The van der Waals surface area contributed by atoms with Crippen molar-refractivity contribution in [3.63, 3.8) is 0 Å². The highest BCUT2D eigenvalue weighted by Crippen LogP contribution is 2.31. The maximum atomic E-state index is 10.6. The number of halogens is 1. The standard InChI is InChI=1S/C19H24ClNO3/c1-23-13-18-7-6-17(24-18)12-21-10-8-15(9-11-21)19(22)14-2-4-16(20)5-3-14/h2-7,15,19,22H,8-13H2,1H3. The molecule has 3 rings (SSSR count). The molecular weight excluding hydrogens is 326 g/mol. The molecule has 1 N–H and O–H groups in total. The van der Waals surface area contributed by atoms with E-state index in [1.807, 2.05) is 36.4 Å². The van der Waals surface area contributed by atoms with Crippen LogP contribution in [-0.4, -0.2) is 30.2 Å². The molecule has 0 saturated carbocycles. The van der Waals surface area contributed by atoms with E-state index in [0.29, 0.717) is 17.5 Å². The Morgan fingerprint density at radius 1 is 1.17 bits per heavy atom. The van der Waals surface area contributed by atoms with Gasteiger partial charge in [0.2, 0.25) is 0 Å². The number of furan rings is 1. The minimum atomic E-state index is -0.415. The van der Waals surface area contributed by atoms with E-state index in [0.717, 1.165) is 49.6 Å². The second-order valence-corrected chi connectivity index (χ2v) is 6.85. The van der Waals surface area contributed by atoms with Gasteiger partial charge in [-0.2, -0.15) is 0 Å². The maximum absolute atomic E-state index is 10.6. The Balaban J connectivity index is 1.50. The molecule has 1 aliphatic heterocycles. The van der Waals surface area contributed by atoms with Crippen molar-refractivity contribution in [2.24, 2.45) is 5.92 Å². The third kappa shape index (κ3) is 4.39. The van der Waals surface area contributed by atoms with Gasteiger partial charge in [0.25, 0.3) is 0 Å². The predicted molar refractivity (Wildman–Crippen MR) is 93.8 cm³/mol. The van der Waals surface area contributed by atoms with Gasteiger partial charge < -0.3 is 14.3 Å². The number of aliphatic hydroxyl groups excluding tert-OH is 1. The number of methoxy groups -OCH3 is 1. The Morgan fingerprint density at radius 3 is 2.50 bits per heavy atom. The van der Waals surface area contributed by atoms with Crippen LogP contribution in [0.3, 0.4) is 0 Å². The Bertz CT molecular complexity index is 632. The molecule has 1 saturated heterocycles. The van der Waals surface area contributed by atoms with Crippen LogP contribution in [0.1, 0.15) is 36.0 Å². The summed E-state index contributed by atoms with van der Waals surface area (Å²) in [5.41, 5.74) is 0.952. The molecule has 1 fully saturated rings. The van der Waals surface area contributed by atoms with Crippen molar-refractivity contribution >= 4 is 11.6 Å². The molecule has 1 atom stereocenters. The van der Waals surface area contributed by atoms with Gasteiger partial charge in [-0.1, -0.05) is 23.7 Å². The molecule has 24 heavy (non-hydrogen) atoms. The minimum absolute atomic E-state index is 0.295. The zero-order chi connectivity index (χ0) is 16.9. The molecule has 1 unspecified atom stereocenters. The summed E-state index contributed by atoms with van der Waals surface area (Å²) in [7, 11) is 1.67. The fourth-order valence-electron chi connectivity index (χ4n) is 3.31. The Morgan fingerprint density at radius 2 is 1.83 bits per heavy atom. The number of aliphatic hydroxyl groups is 1. The van der Waals surface area contributed by atoms with Crippen LogP contribution >= 0.6 is 11.6 Å². The van der Waals surface area contributed by atoms with Gasteiger partial charge in [-0.15, -0.1) is 0 Å². The molecule has 1 aromatic carbocycles. The van der Waals surface area contributed by atoms with Gasteiger partial charge >= 0.3 is 0 Å². The van der Waals surface area contributed by atoms with Crippen LogP contribution < -0.4 is 0 Å². The van der Waals surface area contributed by atoms with Gasteiger partial charge in [0.15, 0.2) is 0 Å². The van der Waals surface area contributed by atoms with Crippen molar-refractivity contribution < 1.29 is 14.3 Å². The Labute approximate surface area is 148 Å². The van der Waals surface area contributed by atoms with E-state index >= 15 is 0 Å². The number of nitrogens with zero attached hydrogens (tertiary/aromatic N) is 1. The number of rotatable bonds is 6. The SMILES string of the molecule is COCc1ccc(CN2CCC(C(O)c3ccc(Cl)cc3)CC2)o1. The third-order valence-electron chi connectivity index (χ3n) is 4.67.